The van der Waals surface area contributed by atoms with Gasteiger partial charge in [0.05, 0.1) is 28.5 Å². The third-order valence-corrected chi connectivity index (χ3v) is 5.98. The first-order chi connectivity index (χ1) is 16.5. The van der Waals surface area contributed by atoms with Crippen molar-refractivity contribution in [3.05, 3.63) is 94.5 Å². The summed E-state index contributed by atoms with van der Waals surface area (Å²) in [6, 6.07) is 21.0. The van der Waals surface area contributed by atoms with Crippen LogP contribution in [-0.4, -0.2) is 29.4 Å². The Bertz CT molecular complexity index is 1260. The number of hydrogen-bond acceptors (Lipinski definition) is 7. The van der Waals surface area contributed by atoms with E-state index < -0.39 is 34.8 Å². The van der Waals surface area contributed by atoms with Gasteiger partial charge < -0.3 is 4.74 Å². The standard InChI is InChI=1S/C25H21N3O6/c1-2-33-20-15-9-8-14-19(20)26-24(29)21-22(17-12-6-7-13-18(17)28(31)32)27(34-23(21)25(26)30)16-10-4-3-5-11-16/h3-15,21-23H,2H2,1H3/t21-,22+,23-/m1/s1. The summed E-state index contributed by atoms with van der Waals surface area (Å²) in [5, 5.41) is 13.3. The maximum atomic E-state index is 13.8. The summed E-state index contributed by atoms with van der Waals surface area (Å²) in [5.41, 5.74) is 1.06. The number of carbonyl (C=O) groups is 2. The van der Waals surface area contributed by atoms with E-state index in [9.17, 15) is 19.7 Å². The Hall–Kier alpha value is -4.24. The van der Waals surface area contributed by atoms with Crippen LogP contribution in [0.2, 0.25) is 0 Å². The van der Waals surface area contributed by atoms with Gasteiger partial charge in [-0.3, -0.25) is 24.5 Å². The molecule has 3 atom stereocenters. The lowest BCUT2D eigenvalue weighted by Crippen LogP contribution is -2.37. The molecule has 0 bridgehead atoms. The zero-order valence-corrected chi connectivity index (χ0v) is 18.2. The van der Waals surface area contributed by atoms with Crippen LogP contribution in [0.5, 0.6) is 5.75 Å². The molecule has 2 aliphatic heterocycles. The van der Waals surface area contributed by atoms with Crippen molar-refractivity contribution in [1.82, 2.24) is 0 Å². The smallest absolute Gasteiger partial charge is 0.274 e. The Kier molecular flexibility index (Phi) is 5.46. The lowest BCUT2D eigenvalue weighted by Gasteiger charge is -2.28. The fourth-order valence-corrected chi connectivity index (χ4v) is 4.59. The maximum absolute atomic E-state index is 13.8. The third kappa shape index (κ3) is 3.37. The van der Waals surface area contributed by atoms with Crippen molar-refractivity contribution in [1.29, 1.82) is 0 Å². The summed E-state index contributed by atoms with van der Waals surface area (Å²) < 4.78 is 5.63. The zero-order chi connectivity index (χ0) is 23.8. The van der Waals surface area contributed by atoms with E-state index in [1.165, 1.54) is 11.1 Å². The lowest BCUT2D eigenvalue weighted by atomic mass is 9.89. The number of para-hydroxylation sites is 4. The van der Waals surface area contributed by atoms with Crippen LogP contribution >= 0.6 is 0 Å². The number of rotatable bonds is 6. The van der Waals surface area contributed by atoms with Crippen molar-refractivity contribution in [2.24, 2.45) is 5.92 Å². The largest absolute Gasteiger partial charge is 0.492 e. The number of imide groups is 1. The van der Waals surface area contributed by atoms with Gasteiger partial charge in [0.1, 0.15) is 17.7 Å². The van der Waals surface area contributed by atoms with Crippen LogP contribution in [0.4, 0.5) is 17.1 Å². The summed E-state index contributed by atoms with van der Waals surface area (Å²) >= 11 is 0. The van der Waals surface area contributed by atoms with Crippen molar-refractivity contribution in [3.63, 3.8) is 0 Å². The van der Waals surface area contributed by atoms with Gasteiger partial charge in [-0.05, 0) is 37.3 Å². The fourth-order valence-electron chi connectivity index (χ4n) is 4.59. The van der Waals surface area contributed by atoms with E-state index in [0.29, 0.717) is 29.3 Å². The number of fused-ring (bicyclic) bond motifs is 1. The Morgan fingerprint density at radius 3 is 2.35 bits per heavy atom. The van der Waals surface area contributed by atoms with E-state index in [1.54, 1.807) is 66.7 Å². The molecule has 0 N–H and O–H groups in total. The molecule has 0 radical (unpaired) electrons. The number of amides is 2. The van der Waals surface area contributed by atoms with Crippen LogP contribution in [0.1, 0.15) is 18.5 Å². The molecule has 2 aliphatic rings. The molecule has 3 aromatic rings. The molecule has 0 unspecified atom stereocenters. The SMILES string of the molecule is CCOc1ccccc1N1C(=O)[C@H]2[C@@H](ON(c3ccccc3)[C@H]2c2ccccc2[N+](=O)[O-])C1=O. The van der Waals surface area contributed by atoms with Gasteiger partial charge in [0, 0.05) is 6.07 Å². The van der Waals surface area contributed by atoms with Crippen LogP contribution in [0.25, 0.3) is 0 Å². The molecule has 34 heavy (non-hydrogen) atoms. The van der Waals surface area contributed by atoms with Crippen LogP contribution < -0.4 is 14.7 Å². The monoisotopic (exact) mass is 459 g/mol. The summed E-state index contributed by atoms with van der Waals surface area (Å²) in [4.78, 5) is 45.7. The molecule has 2 saturated heterocycles. The zero-order valence-electron chi connectivity index (χ0n) is 18.2. The van der Waals surface area contributed by atoms with Gasteiger partial charge in [-0.25, -0.2) is 9.96 Å². The van der Waals surface area contributed by atoms with Crippen molar-refractivity contribution in [2.75, 3.05) is 16.6 Å². The van der Waals surface area contributed by atoms with Crippen molar-refractivity contribution in [3.8, 4) is 5.75 Å². The van der Waals surface area contributed by atoms with E-state index in [4.69, 9.17) is 9.57 Å². The van der Waals surface area contributed by atoms with Gasteiger partial charge in [-0.2, -0.15) is 0 Å². The van der Waals surface area contributed by atoms with Crippen LogP contribution in [0, 0.1) is 16.0 Å². The highest BCUT2D eigenvalue weighted by Gasteiger charge is 2.61. The molecular weight excluding hydrogens is 438 g/mol. The average molecular weight is 459 g/mol. The molecule has 3 aromatic carbocycles. The first kappa shape index (κ1) is 21.6. The number of nitro benzene ring substituents is 1. The molecule has 0 spiro atoms. The first-order valence-electron chi connectivity index (χ1n) is 10.9. The minimum Gasteiger partial charge on any atom is -0.492 e. The van der Waals surface area contributed by atoms with Crippen molar-refractivity contribution >= 4 is 28.9 Å². The normalized spacial score (nSPS) is 21.6. The van der Waals surface area contributed by atoms with E-state index in [-0.39, 0.29) is 5.69 Å². The van der Waals surface area contributed by atoms with E-state index >= 15 is 0 Å². The summed E-state index contributed by atoms with van der Waals surface area (Å²) in [6.45, 7) is 2.17. The van der Waals surface area contributed by atoms with Gasteiger partial charge in [-0.15, -0.1) is 0 Å². The van der Waals surface area contributed by atoms with Gasteiger partial charge in [0.25, 0.3) is 11.6 Å². The molecule has 0 aliphatic carbocycles. The minimum atomic E-state index is -1.13. The quantitative estimate of drug-likeness (QED) is 0.311. The minimum absolute atomic E-state index is 0.147. The molecule has 2 amide bonds. The molecule has 2 fully saturated rings. The van der Waals surface area contributed by atoms with Crippen molar-refractivity contribution in [2.45, 2.75) is 19.1 Å². The number of benzene rings is 3. The molecule has 2 heterocycles. The molecule has 9 nitrogen and oxygen atoms in total. The summed E-state index contributed by atoms with van der Waals surface area (Å²) in [6.07, 6.45) is -1.13. The van der Waals surface area contributed by atoms with Crippen LogP contribution in [0.15, 0.2) is 78.9 Å². The number of nitro groups is 1. The Balaban J connectivity index is 1.63. The second kappa shape index (κ2) is 8.60. The Morgan fingerprint density at radius 2 is 1.62 bits per heavy atom. The van der Waals surface area contributed by atoms with Gasteiger partial charge in [-0.1, -0.05) is 42.5 Å². The first-order valence-corrected chi connectivity index (χ1v) is 10.9. The maximum Gasteiger partial charge on any atom is 0.274 e. The van der Waals surface area contributed by atoms with Crippen LogP contribution in [-0.2, 0) is 14.4 Å². The Labute approximate surface area is 195 Å². The average Bonchev–Trinajstić information content (AvgIpc) is 3.36. The topological polar surface area (TPSA) is 102 Å². The van der Waals surface area contributed by atoms with Crippen molar-refractivity contribution < 1.29 is 24.1 Å². The predicted octanol–water partition coefficient (Wildman–Crippen LogP) is 4.04. The van der Waals surface area contributed by atoms with E-state index in [0.717, 1.165) is 4.90 Å². The fraction of sp³-hybridized carbons (Fsp3) is 0.200. The number of carbonyl (C=O) groups excluding carboxylic acids is 2. The predicted molar refractivity (Wildman–Crippen MR) is 123 cm³/mol. The summed E-state index contributed by atoms with van der Waals surface area (Å²) in [5.74, 6) is -1.62. The molecule has 172 valence electrons. The number of hydroxylamine groups is 1. The molecule has 5 rings (SSSR count). The summed E-state index contributed by atoms with van der Waals surface area (Å²) in [7, 11) is 0. The number of hydrogen-bond donors (Lipinski definition) is 0. The lowest BCUT2D eigenvalue weighted by molar-refractivity contribution is -0.385. The van der Waals surface area contributed by atoms with E-state index in [1.807, 2.05) is 13.0 Å². The second-order valence-electron chi connectivity index (χ2n) is 7.89. The van der Waals surface area contributed by atoms with Gasteiger partial charge >= 0.3 is 0 Å². The van der Waals surface area contributed by atoms with Gasteiger partial charge in [0.2, 0.25) is 5.91 Å². The Morgan fingerprint density at radius 1 is 0.941 bits per heavy atom. The third-order valence-electron chi connectivity index (χ3n) is 5.98. The molecule has 0 aromatic heterocycles. The van der Waals surface area contributed by atoms with Gasteiger partial charge in [0.15, 0.2) is 6.10 Å². The molecular formula is C25H21N3O6. The highest BCUT2D eigenvalue weighted by Crippen LogP contribution is 2.50. The van der Waals surface area contributed by atoms with E-state index in [2.05, 4.69) is 0 Å². The number of anilines is 2. The number of nitrogens with zero attached hydrogens (tertiary/aromatic N) is 3. The highest BCUT2D eigenvalue weighted by atomic mass is 16.7. The molecule has 0 saturated carbocycles. The molecule has 9 heteroatoms. The van der Waals surface area contributed by atoms with Crippen LogP contribution in [0.3, 0.4) is 0 Å². The number of ether oxygens (including phenoxy) is 1. The second-order valence-corrected chi connectivity index (χ2v) is 7.89. The highest BCUT2D eigenvalue weighted by molar-refractivity contribution is 6.24.